The number of carbonyl (C=O) groups excluding carboxylic acids is 1. The molecule has 0 radical (unpaired) electrons. The van der Waals surface area contributed by atoms with Crippen molar-refractivity contribution in [2.75, 3.05) is 42.7 Å². The summed E-state index contributed by atoms with van der Waals surface area (Å²) in [6.45, 7) is 3.55. The number of fused-ring (bicyclic) bond motifs is 2. The highest BCUT2D eigenvalue weighted by Crippen LogP contribution is 2.38. The molecule has 9 nitrogen and oxygen atoms in total. The second kappa shape index (κ2) is 9.03. The number of anilines is 3. The number of halogens is 1. The Balaban J connectivity index is 1.48. The zero-order chi connectivity index (χ0) is 23.8. The Hall–Kier alpha value is -3.50. The molecule has 0 saturated carbocycles. The molecule has 2 aromatic heterocycles. The third-order valence-electron chi connectivity index (χ3n) is 6.41. The molecule has 4 heterocycles. The number of nitrogens with zero attached hydrogens (tertiary/aromatic N) is 2. The van der Waals surface area contributed by atoms with E-state index in [1.807, 2.05) is 6.92 Å². The molecule has 0 spiro atoms. The molecular weight excluding hydrogens is 441 g/mol. The van der Waals surface area contributed by atoms with Crippen LogP contribution in [0.5, 0.6) is 0 Å². The first-order valence-corrected chi connectivity index (χ1v) is 11.2. The van der Waals surface area contributed by atoms with Gasteiger partial charge in [-0.25, -0.2) is 14.2 Å². The molecule has 0 unspecified atom stereocenters. The molecule has 1 amide bonds. The monoisotopic (exact) mass is 467 g/mol. The summed E-state index contributed by atoms with van der Waals surface area (Å²) in [7, 11) is 0. The van der Waals surface area contributed by atoms with Crippen molar-refractivity contribution < 1.29 is 23.8 Å². The van der Waals surface area contributed by atoms with E-state index in [-0.39, 0.29) is 30.1 Å². The van der Waals surface area contributed by atoms with Gasteiger partial charge < -0.3 is 25.6 Å². The maximum Gasteiger partial charge on any atom is 0.413 e. The van der Waals surface area contributed by atoms with E-state index < -0.39 is 11.9 Å². The molecule has 0 bridgehead atoms. The first-order chi connectivity index (χ1) is 16.4. The van der Waals surface area contributed by atoms with Gasteiger partial charge in [-0.3, -0.25) is 10.3 Å². The van der Waals surface area contributed by atoms with Gasteiger partial charge in [-0.15, -0.1) is 0 Å². The van der Waals surface area contributed by atoms with E-state index in [2.05, 4.69) is 20.6 Å². The molecule has 5 rings (SSSR count). The van der Waals surface area contributed by atoms with E-state index in [0.29, 0.717) is 54.5 Å². The molecule has 5 N–H and O–H groups in total. The summed E-state index contributed by atoms with van der Waals surface area (Å²) in [6.07, 6.45) is 3.48. The minimum absolute atomic E-state index is 0.0253. The summed E-state index contributed by atoms with van der Waals surface area (Å²) < 4.78 is 25.9. The van der Waals surface area contributed by atoms with E-state index in [1.54, 1.807) is 18.3 Å². The average molecular weight is 468 g/mol. The quantitative estimate of drug-likeness (QED) is 0.430. The summed E-state index contributed by atoms with van der Waals surface area (Å²) in [5, 5.41) is 16.4. The van der Waals surface area contributed by atoms with Crippen LogP contribution in [0.2, 0.25) is 0 Å². The first kappa shape index (κ1) is 22.3. The molecule has 1 fully saturated rings. The highest BCUT2D eigenvalue weighted by molar-refractivity contribution is 5.99. The predicted octanol–water partition coefficient (Wildman–Crippen LogP) is 3.24. The maximum absolute atomic E-state index is 15.3. The Bertz CT molecular complexity index is 1260. The molecule has 10 heteroatoms. The number of aliphatic hydroxyl groups is 1. The van der Waals surface area contributed by atoms with Gasteiger partial charge in [-0.1, -0.05) is 0 Å². The summed E-state index contributed by atoms with van der Waals surface area (Å²) >= 11 is 0. The highest BCUT2D eigenvalue weighted by Gasteiger charge is 2.24. The van der Waals surface area contributed by atoms with E-state index in [4.69, 9.17) is 15.2 Å². The summed E-state index contributed by atoms with van der Waals surface area (Å²) in [6, 6.07) is 3.31. The molecular formula is C24H26FN5O4. The van der Waals surface area contributed by atoms with Gasteiger partial charge in [-0.05, 0) is 36.4 Å². The number of nitrogen functional groups attached to an aromatic ring is 1. The van der Waals surface area contributed by atoms with Crippen LogP contribution >= 0.6 is 0 Å². The number of rotatable bonds is 4. The van der Waals surface area contributed by atoms with Crippen LogP contribution < -0.4 is 16.4 Å². The molecule has 3 aromatic rings. The van der Waals surface area contributed by atoms with Crippen molar-refractivity contribution in [3.05, 3.63) is 41.6 Å². The zero-order valence-corrected chi connectivity index (χ0v) is 18.7. The minimum atomic E-state index is -0.625. The Morgan fingerprint density at radius 3 is 2.97 bits per heavy atom. The lowest BCUT2D eigenvalue weighted by Gasteiger charge is -2.26. The predicted molar refractivity (Wildman–Crippen MR) is 126 cm³/mol. The number of ether oxygens (including phenoxy) is 2. The van der Waals surface area contributed by atoms with Crippen LogP contribution in [0.3, 0.4) is 0 Å². The molecule has 2 atom stereocenters. The number of carbonyl (C=O) groups is 1. The van der Waals surface area contributed by atoms with Crippen LogP contribution in [0.15, 0.2) is 24.5 Å². The van der Waals surface area contributed by atoms with Crippen molar-refractivity contribution in [1.82, 2.24) is 9.97 Å². The largest absolute Gasteiger partial charge is 0.443 e. The maximum atomic E-state index is 15.3. The topological polar surface area (TPSA) is 132 Å². The Morgan fingerprint density at radius 2 is 2.21 bits per heavy atom. The standard InChI is InChI=1S/C24H26FN5O4/c1-12-17(8-27-19-4-13(10-31)7-29-23(12)19)16-5-14-6-20(28-9-18(14)22(26)21(16)25)30-24(32)34-15-2-3-33-11-15/h5-6,8-9,13,15,29,31H,2-4,7,10-11,26H2,1H3,(H,28,30,32)/t13-,15-/m1/s1. The van der Waals surface area contributed by atoms with Crippen molar-refractivity contribution in [3.8, 4) is 11.1 Å². The van der Waals surface area contributed by atoms with Gasteiger partial charge in [0.25, 0.3) is 0 Å². The lowest BCUT2D eigenvalue weighted by molar-refractivity contribution is 0.0931. The minimum Gasteiger partial charge on any atom is -0.443 e. The summed E-state index contributed by atoms with van der Waals surface area (Å²) in [4.78, 5) is 20.9. The lowest BCUT2D eigenvalue weighted by atomic mass is 9.92. The van der Waals surface area contributed by atoms with Crippen LogP contribution in [0.4, 0.5) is 26.4 Å². The fraction of sp³-hybridized carbons (Fsp3) is 0.375. The van der Waals surface area contributed by atoms with Crippen LogP contribution in [0, 0.1) is 18.7 Å². The second-order valence-corrected chi connectivity index (χ2v) is 8.71. The number of hydrogen-bond donors (Lipinski definition) is 4. The third kappa shape index (κ3) is 4.10. The molecule has 1 saturated heterocycles. The second-order valence-electron chi connectivity index (χ2n) is 8.71. The first-order valence-electron chi connectivity index (χ1n) is 11.2. The SMILES string of the molecule is Cc1c(-c2cc3cc(NC(=O)O[C@@H]4CCOC4)ncc3c(N)c2F)cnc2c1NC[C@H](CO)C2. The number of amides is 1. The molecule has 178 valence electrons. The van der Waals surface area contributed by atoms with Crippen molar-refractivity contribution in [2.24, 2.45) is 5.92 Å². The van der Waals surface area contributed by atoms with Crippen LogP contribution in [-0.2, 0) is 15.9 Å². The molecule has 34 heavy (non-hydrogen) atoms. The fourth-order valence-electron chi connectivity index (χ4n) is 4.49. The van der Waals surface area contributed by atoms with Gasteiger partial charge in [0, 0.05) is 54.4 Å². The summed E-state index contributed by atoms with van der Waals surface area (Å²) in [5.41, 5.74) is 9.60. The van der Waals surface area contributed by atoms with Gasteiger partial charge in [-0.2, -0.15) is 0 Å². The summed E-state index contributed by atoms with van der Waals surface area (Å²) in [5.74, 6) is -0.181. The van der Waals surface area contributed by atoms with Crippen LogP contribution in [0.1, 0.15) is 17.7 Å². The van der Waals surface area contributed by atoms with E-state index >= 15 is 4.39 Å². The Morgan fingerprint density at radius 1 is 1.35 bits per heavy atom. The third-order valence-corrected chi connectivity index (χ3v) is 6.41. The van der Waals surface area contributed by atoms with Crippen molar-refractivity contribution in [3.63, 3.8) is 0 Å². The van der Waals surface area contributed by atoms with E-state index in [0.717, 1.165) is 16.9 Å². The number of nitrogens with two attached hydrogens (primary N) is 1. The smallest absolute Gasteiger partial charge is 0.413 e. The number of benzene rings is 1. The van der Waals surface area contributed by atoms with Crippen LogP contribution in [-0.4, -0.2) is 53.6 Å². The number of aliphatic hydroxyl groups excluding tert-OH is 1. The van der Waals surface area contributed by atoms with Crippen LogP contribution in [0.25, 0.3) is 21.9 Å². The van der Waals surface area contributed by atoms with Crippen molar-refractivity contribution in [1.29, 1.82) is 0 Å². The van der Waals surface area contributed by atoms with Crippen molar-refractivity contribution in [2.45, 2.75) is 25.9 Å². The van der Waals surface area contributed by atoms with E-state index in [9.17, 15) is 9.90 Å². The Kier molecular flexibility index (Phi) is 5.93. The average Bonchev–Trinajstić information content (AvgIpc) is 3.34. The van der Waals surface area contributed by atoms with Gasteiger partial charge in [0.15, 0.2) is 5.82 Å². The molecule has 1 aromatic carbocycles. The molecule has 2 aliphatic rings. The molecule has 2 aliphatic heterocycles. The van der Waals surface area contributed by atoms with Gasteiger partial charge in [0.1, 0.15) is 11.9 Å². The van der Waals surface area contributed by atoms with Crippen molar-refractivity contribution >= 4 is 34.1 Å². The van der Waals surface area contributed by atoms with Gasteiger partial charge in [0.2, 0.25) is 0 Å². The number of hydrogen-bond acceptors (Lipinski definition) is 8. The fourth-order valence-corrected chi connectivity index (χ4v) is 4.49. The zero-order valence-electron chi connectivity index (χ0n) is 18.7. The number of aromatic nitrogens is 2. The Labute approximate surface area is 195 Å². The van der Waals surface area contributed by atoms with Gasteiger partial charge in [0.05, 0.1) is 30.3 Å². The lowest BCUT2D eigenvalue weighted by Crippen LogP contribution is -2.27. The van der Waals surface area contributed by atoms with E-state index in [1.165, 1.54) is 6.20 Å². The number of nitrogens with one attached hydrogen (secondary N) is 2. The highest BCUT2D eigenvalue weighted by atomic mass is 19.1. The molecule has 0 aliphatic carbocycles. The van der Waals surface area contributed by atoms with Gasteiger partial charge >= 0.3 is 6.09 Å². The number of pyridine rings is 2. The normalized spacial score (nSPS) is 19.5.